The molecule has 6 nitrogen and oxygen atoms in total. The predicted octanol–water partition coefficient (Wildman–Crippen LogP) is -1.26. The van der Waals surface area contributed by atoms with E-state index in [1.165, 1.54) is 4.90 Å². The van der Waals surface area contributed by atoms with Gasteiger partial charge in [-0.15, -0.1) is 0 Å². The highest BCUT2D eigenvalue weighted by Crippen LogP contribution is 2.33. The molecule has 1 atom stereocenters. The molecule has 1 aromatic rings. The van der Waals surface area contributed by atoms with Crippen LogP contribution in [0.2, 0.25) is 0 Å². The molecule has 2 amide bonds. The topological polar surface area (TPSA) is 88.3 Å². The highest BCUT2D eigenvalue weighted by molar-refractivity contribution is 6.03. The van der Waals surface area contributed by atoms with E-state index < -0.39 is 5.79 Å². The average Bonchev–Trinajstić information content (AvgIpc) is 2.62. The first-order valence-electron chi connectivity index (χ1n) is 4.50. The maximum absolute atomic E-state index is 11.8. The molecule has 3 heterocycles. The largest absolute Gasteiger partial charge is 0.314 e. The van der Waals surface area contributed by atoms with Gasteiger partial charge in [0.05, 0.1) is 5.56 Å². The summed E-state index contributed by atoms with van der Waals surface area (Å²) in [7, 11) is 0. The molecule has 0 aliphatic carbocycles. The molecule has 6 heteroatoms. The first-order valence-corrected chi connectivity index (χ1v) is 4.50. The fourth-order valence-electron chi connectivity index (χ4n) is 2.03. The third-order valence-corrected chi connectivity index (χ3v) is 2.70. The lowest BCUT2D eigenvalue weighted by Gasteiger charge is -2.25. The van der Waals surface area contributed by atoms with Crippen molar-refractivity contribution in [2.75, 3.05) is 6.54 Å². The van der Waals surface area contributed by atoms with Crippen LogP contribution in [-0.4, -0.2) is 28.2 Å². The van der Waals surface area contributed by atoms with Gasteiger partial charge in [0.25, 0.3) is 5.91 Å². The smallest absolute Gasteiger partial charge is 0.259 e. The normalized spacial score (nSPS) is 27.7. The molecule has 0 spiro atoms. The SMILES string of the molecule is NC12NC(=O)CN1C(=O)c1cccnc12. The molecule has 1 unspecified atom stereocenters. The van der Waals surface area contributed by atoms with Gasteiger partial charge in [-0.1, -0.05) is 0 Å². The van der Waals surface area contributed by atoms with E-state index in [0.717, 1.165) is 0 Å². The van der Waals surface area contributed by atoms with Crippen LogP contribution in [0.25, 0.3) is 0 Å². The minimum Gasteiger partial charge on any atom is -0.314 e. The highest BCUT2D eigenvalue weighted by Gasteiger charge is 2.54. The number of hydrogen-bond acceptors (Lipinski definition) is 4. The van der Waals surface area contributed by atoms with Crippen molar-refractivity contribution in [1.29, 1.82) is 0 Å². The second kappa shape index (κ2) is 2.34. The number of nitrogens with one attached hydrogen (secondary N) is 1. The fraction of sp³-hybridized carbons (Fsp3) is 0.222. The predicted molar refractivity (Wildman–Crippen MR) is 49.3 cm³/mol. The quantitative estimate of drug-likeness (QED) is 0.552. The second-order valence-electron chi connectivity index (χ2n) is 3.61. The molecular formula is C9H8N4O2. The summed E-state index contributed by atoms with van der Waals surface area (Å²) in [6.45, 7) is -0.00824. The van der Waals surface area contributed by atoms with Gasteiger partial charge in [0.15, 0.2) is 0 Å². The van der Waals surface area contributed by atoms with Crippen LogP contribution in [0.3, 0.4) is 0 Å². The van der Waals surface area contributed by atoms with Gasteiger partial charge in [-0.3, -0.25) is 25.2 Å². The lowest BCUT2D eigenvalue weighted by molar-refractivity contribution is -0.119. The number of rotatable bonds is 0. The molecule has 1 saturated heterocycles. The first kappa shape index (κ1) is 8.37. The van der Waals surface area contributed by atoms with Crippen LogP contribution in [-0.2, 0) is 10.6 Å². The molecule has 15 heavy (non-hydrogen) atoms. The Hall–Kier alpha value is -1.95. The third kappa shape index (κ3) is 0.841. The Kier molecular flexibility index (Phi) is 1.31. The van der Waals surface area contributed by atoms with Crippen molar-refractivity contribution < 1.29 is 9.59 Å². The van der Waals surface area contributed by atoms with E-state index in [0.29, 0.717) is 11.3 Å². The standard InChI is InChI=1S/C9H8N4O2/c10-9-7-5(2-1-3-11-7)8(15)13(9)4-6(14)12-9/h1-3H,4,10H2,(H,12,14). The molecule has 0 aromatic carbocycles. The molecule has 0 bridgehead atoms. The van der Waals surface area contributed by atoms with Gasteiger partial charge in [-0.05, 0) is 12.1 Å². The monoisotopic (exact) mass is 204 g/mol. The number of aromatic nitrogens is 1. The molecule has 1 aromatic heterocycles. The van der Waals surface area contributed by atoms with Crippen LogP contribution >= 0.6 is 0 Å². The number of carbonyl (C=O) groups is 2. The van der Waals surface area contributed by atoms with E-state index in [9.17, 15) is 9.59 Å². The summed E-state index contributed by atoms with van der Waals surface area (Å²) >= 11 is 0. The van der Waals surface area contributed by atoms with Crippen molar-refractivity contribution in [3.05, 3.63) is 29.6 Å². The van der Waals surface area contributed by atoms with Crippen LogP contribution in [0.5, 0.6) is 0 Å². The van der Waals surface area contributed by atoms with Crippen molar-refractivity contribution in [3.63, 3.8) is 0 Å². The molecule has 76 valence electrons. The van der Waals surface area contributed by atoms with Gasteiger partial charge in [-0.25, -0.2) is 0 Å². The van der Waals surface area contributed by atoms with E-state index in [1.807, 2.05) is 0 Å². The van der Waals surface area contributed by atoms with Gasteiger partial charge in [0.2, 0.25) is 11.7 Å². The molecule has 3 N–H and O–H groups in total. The van der Waals surface area contributed by atoms with Gasteiger partial charge >= 0.3 is 0 Å². The summed E-state index contributed by atoms with van der Waals surface area (Å²) in [4.78, 5) is 28.4. The Balaban J connectivity index is 2.25. The third-order valence-electron chi connectivity index (χ3n) is 2.70. The summed E-state index contributed by atoms with van der Waals surface area (Å²) < 4.78 is 0. The van der Waals surface area contributed by atoms with Crippen molar-refractivity contribution in [2.45, 2.75) is 5.79 Å². The zero-order valence-corrected chi connectivity index (χ0v) is 7.73. The fourth-order valence-corrected chi connectivity index (χ4v) is 2.03. The number of carbonyl (C=O) groups excluding carboxylic acids is 2. The second-order valence-corrected chi connectivity index (χ2v) is 3.61. The van der Waals surface area contributed by atoms with Crippen LogP contribution in [0.15, 0.2) is 18.3 Å². The number of nitrogens with zero attached hydrogens (tertiary/aromatic N) is 2. The summed E-state index contributed by atoms with van der Waals surface area (Å²) in [5, 5.41) is 2.56. The maximum Gasteiger partial charge on any atom is 0.259 e. The average molecular weight is 204 g/mol. The minimum absolute atomic E-state index is 0.00824. The highest BCUT2D eigenvalue weighted by atomic mass is 16.2. The van der Waals surface area contributed by atoms with Gasteiger partial charge in [-0.2, -0.15) is 0 Å². The zero-order chi connectivity index (χ0) is 10.6. The van der Waals surface area contributed by atoms with Crippen LogP contribution in [0.1, 0.15) is 16.1 Å². The molecule has 0 radical (unpaired) electrons. The van der Waals surface area contributed by atoms with Gasteiger partial charge in [0, 0.05) is 6.20 Å². The maximum atomic E-state index is 11.8. The summed E-state index contributed by atoms with van der Waals surface area (Å²) in [5.41, 5.74) is 6.84. The Morgan fingerprint density at radius 3 is 3.13 bits per heavy atom. The number of nitrogens with two attached hydrogens (primary N) is 1. The summed E-state index contributed by atoms with van der Waals surface area (Å²) in [6.07, 6.45) is 1.55. The molecular weight excluding hydrogens is 196 g/mol. The van der Waals surface area contributed by atoms with Crippen LogP contribution in [0.4, 0.5) is 0 Å². The molecule has 2 aliphatic heterocycles. The minimum atomic E-state index is -1.25. The van der Waals surface area contributed by atoms with E-state index >= 15 is 0 Å². The molecule has 2 aliphatic rings. The summed E-state index contributed by atoms with van der Waals surface area (Å²) in [5.74, 6) is -1.76. The van der Waals surface area contributed by atoms with Crippen molar-refractivity contribution in [3.8, 4) is 0 Å². The van der Waals surface area contributed by atoms with Gasteiger partial charge < -0.3 is 5.32 Å². The number of fused-ring (bicyclic) bond motifs is 3. The molecule has 1 fully saturated rings. The molecule has 0 saturated carbocycles. The van der Waals surface area contributed by atoms with Crippen LogP contribution in [0, 0.1) is 0 Å². The summed E-state index contributed by atoms with van der Waals surface area (Å²) in [6, 6.07) is 3.33. The van der Waals surface area contributed by atoms with E-state index in [4.69, 9.17) is 5.73 Å². The van der Waals surface area contributed by atoms with Gasteiger partial charge in [0.1, 0.15) is 12.2 Å². The Labute approximate surface area is 85.1 Å². The Bertz CT molecular complexity index is 487. The van der Waals surface area contributed by atoms with E-state index in [2.05, 4.69) is 10.3 Å². The number of hydrogen-bond donors (Lipinski definition) is 2. The number of amides is 2. The van der Waals surface area contributed by atoms with E-state index in [1.54, 1.807) is 18.3 Å². The lowest BCUT2D eigenvalue weighted by atomic mass is 10.2. The Morgan fingerprint density at radius 1 is 1.53 bits per heavy atom. The van der Waals surface area contributed by atoms with Crippen molar-refractivity contribution >= 4 is 11.8 Å². The first-order chi connectivity index (χ1) is 7.13. The zero-order valence-electron chi connectivity index (χ0n) is 7.73. The van der Waals surface area contributed by atoms with Crippen molar-refractivity contribution in [1.82, 2.24) is 15.2 Å². The Morgan fingerprint density at radius 2 is 2.33 bits per heavy atom. The van der Waals surface area contributed by atoms with Crippen LogP contribution < -0.4 is 11.1 Å². The van der Waals surface area contributed by atoms with Crippen molar-refractivity contribution in [2.24, 2.45) is 5.73 Å². The number of pyridine rings is 1. The van der Waals surface area contributed by atoms with E-state index in [-0.39, 0.29) is 18.4 Å². The lowest BCUT2D eigenvalue weighted by Crippen LogP contribution is -2.54. The molecule has 3 rings (SSSR count).